The second-order valence-corrected chi connectivity index (χ2v) is 5.31. The molecule has 6 nitrogen and oxygen atoms in total. The molecule has 0 bridgehead atoms. The summed E-state index contributed by atoms with van der Waals surface area (Å²) in [5.41, 5.74) is 2.73. The summed E-state index contributed by atoms with van der Waals surface area (Å²) in [6, 6.07) is 6.33. The number of hydrogen-bond donors (Lipinski definition) is 2. The highest BCUT2D eigenvalue weighted by Crippen LogP contribution is 2.21. The third-order valence-electron chi connectivity index (χ3n) is 3.61. The van der Waals surface area contributed by atoms with Gasteiger partial charge in [-0.1, -0.05) is 12.1 Å². The van der Waals surface area contributed by atoms with Crippen LogP contribution < -0.4 is 5.32 Å². The molecule has 3 rings (SSSR count). The maximum atomic E-state index is 13.0. The molecule has 2 N–H and O–H groups in total. The number of H-pyrrole nitrogens is 1. The summed E-state index contributed by atoms with van der Waals surface area (Å²) in [6.07, 6.45) is 1.32. The molecule has 0 aliphatic carbocycles. The molecule has 23 heavy (non-hydrogen) atoms. The van der Waals surface area contributed by atoms with Crippen molar-refractivity contribution in [3.8, 4) is 0 Å². The number of rotatable bonds is 6. The van der Waals surface area contributed by atoms with Gasteiger partial charge in [0.15, 0.2) is 5.82 Å². The molecule has 1 amide bonds. The Kier molecular flexibility index (Phi) is 4.99. The highest BCUT2D eigenvalue weighted by atomic mass is 19.1. The summed E-state index contributed by atoms with van der Waals surface area (Å²) in [5, 5.41) is 9.71. The third-order valence-corrected chi connectivity index (χ3v) is 3.61. The summed E-state index contributed by atoms with van der Waals surface area (Å²) >= 11 is 0. The second-order valence-electron chi connectivity index (χ2n) is 5.31. The monoisotopic (exact) mass is 319 g/mol. The number of carbonyl (C=O) groups is 1. The number of fused-ring (bicyclic) bond motifs is 1. The van der Waals surface area contributed by atoms with E-state index in [1.807, 2.05) is 6.07 Å². The van der Waals surface area contributed by atoms with E-state index < -0.39 is 0 Å². The van der Waals surface area contributed by atoms with Gasteiger partial charge in [0, 0.05) is 17.7 Å². The van der Waals surface area contributed by atoms with Gasteiger partial charge in [0.2, 0.25) is 0 Å². The third kappa shape index (κ3) is 4.14. The van der Waals surface area contributed by atoms with E-state index >= 15 is 0 Å². The molecule has 0 unspecified atom stereocenters. The van der Waals surface area contributed by atoms with Gasteiger partial charge >= 0.3 is 0 Å². The van der Waals surface area contributed by atoms with Crippen LogP contribution in [-0.4, -0.2) is 35.9 Å². The van der Waals surface area contributed by atoms with Crippen LogP contribution in [0.5, 0.6) is 0 Å². The Bertz CT molecular complexity index is 687. The number of aromatic amines is 1. The van der Waals surface area contributed by atoms with Crippen LogP contribution in [0.25, 0.3) is 0 Å². The zero-order chi connectivity index (χ0) is 16.1. The molecule has 2 aromatic rings. The SMILES string of the molecule is O=C(COCCc1cccc(F)c1)Nc1n[nH]c2c1COCC2. The Hall–Kier alpha value is -2.25. The fourth-order valence-electron chi connectivity index (χ4n) is 2.43. The van der Waals surface area contributed by atoms with Crippen molar-refractivity contribution in [2.75, 3.05) is 25.1 Å². The number of ether oxygens (including phenoxy) is 2. The Balaban J connectivity index is 1.42. The first kappa shape index (κ1) is 15.6. The fourth-order valence-corrected chi connectivity index (χ4v) is 2.43. The number of nitrogens with one attached hydrogen (secondary N) is 2. The molecule has 0 saturated heterocycles. The first-order valence-electron chi connectivity index (χ1n) is 7.48. The lowest BCUT2D eigenvalue weighted by Crippen LogP contribution is -2.20. The van der Waals surface area contributed by atoms with Crippen LogP contribution in [0.4, 0.5) is 10.2 Å². The van der Waals surface area contributed by atoms with E-state index in [2.05, 4.69) is 15.5 Å². The van der Waals surface area contributed by atoms with E-state index in [4.69, 9.17) is 9.47 Å². The minimum atomic E-state index is -0.274. The molecule has 1 aliphatic rings. The van der Waals surface area contributed by atoms with Crippen molar-refractivity contribution in [3.63, 3.8) is 0 Å². The van der Waals surface area contributed by atoms with E-state index in [1.165, 1.54) is 12.1 Å². The highest BCUT2D eigenvalue weighted by molar-refractivity contribution is 5.91. The Labute approximate surface area is 133 Å². The van der Waals surface area contributed by atoms with Crippen molar-refractivity contribution in [2.24, 2.45) is 0 Å². The summed E-state index contributed by atoms with van der Waals surface area (Å²) in [5.74, 6) is -0.0479. The molecule has 1 aromatic heterocycles. The van der Waals surface area contributed by atoms with Gasteiger partial charge in [-0.05, 0) is 24.1 Å². The van der Waals surface area contributed by atoms with Crippen LogP contribution in [-0.2, 0) is 33.7 Å². The molecule has 2 heterocycles. The topological polar surface area (TPSA) is 76.2 Å². The largest absolute Gasteiger partial charge is 0.376 e. The van der Waals surface area contributed by atoms with Crippen molar-refractivity contribution >= 4 is 11.7 Å². The molecule has 7 heteroatoms. The van der Waals surface area contributed by atoms with Gasteiger partial charge in [-0.15, -0.1) is 0 Å². The lowest BCUT2D eigenvalue weighted by molar-refractivity contribution is -0.120. The first-order chi connectivity index (χ1) is 11.2. The Morgan fingerprint density at radius 2 is 2.39 bits per heavy atom. The van der Waals surface area contributed by atoms with Gasteiger partial charge in [-0.3, -0.25) is 9.89 Å². The maximum absolute atomic E-state index is 13.0. The number of hydrogen-bond acceptors (Lipinski definition) is 4. The van der Waals surface area contributed by atoms with Crippen LogP contribution in [0, 0.1) is 5.82 Å². The van der Waals surface area contributed by atoms with Crippen LogP contribution >= 0.6 is 0 Å². The minimum Gasteiger partial charge on any atom is -0.376 e. The number of halogens is 1. The van der Waals surface area contributed by atoms with Gasteiger partial charge in [-0.2, -0.15) is 5.10 Å². The molecule has 0 saturated carbocycles. The van der Waals surface area contributed by atoms with Gasteiger partial charge < -0.3 is 14.8 Å². The van der Waals surface area contributed by atoms with E-state index in [-0.39, 0.29) is 18.3 Å². The molecular weight excluding hydrogens is 301 g/mol. The summed E-state index contributed by atoms with van der Waals surface area (Å²) in [7, 11) is 0. The average Bonchev–Trinajstić information content (AvgIpc) is 2.95. The van der Waals surface area contributed by atoms with Crippen molar-refractivity contribution in [2.45, 2.75) is 19.4 Å². The van der Waals surface area contributed by atoms with Crippen LogP contribution in [0.15, 0.2) is 24.3 Å². The lowest BCUT2D eigenvalue weighted by atomic mass is 10.1. The van der Waals surface area contributed by atoms with E-state index in [9.17, 15) is 9.18 Å². The quantitative estimate of drug-likeness (QED) is 0.796. The molecule has 0 spiro atoms. The number of carbonyl (C=O) groups excluding carboxylic acids is 1. The average molecular weight is 319 g/mol. The normalized spacial score (nSPS) is 13.6. The molecule has 0 atom stereocenters. The summed E-state index contributed by atoms with van der Waals surface area (Å²) in [6.45, 7) is 1.38. The molecule has 1 aromatic carbocycles. The van der Waals surface area contributed by atoms with E-state index in [0.717, 1.165) is 23.2 Å². The van der Waals surface area contributed by atoms with E-state index in [1.54, 1.807) is 6.07 Å². The zero-order valence-corrected chi connectivity index (χ0v) is 12.6. The van der Waals surface area contributed by atoms with E-state index in [0.29, 0.717) is 32.1 Å². The molecule has 1 aliphatic heterocycles. The number of amides is 1. The summed E-state index contributed by atoms with van der Waals surface area (Å²) < 4.78 is 23.7. The van der Waals surface area contributed by atoms with Crippen molar-refractivity contribution < 1.29 is 18.7 Å². The predicted octanol–water partition coefficient (Wildman–Crippen LogP) is 1.82. The number of nitrogens with zero attached hydrogens (tertiary/aromatic N) is 1. The van der Waals surface area contributed by atoms with Crippen LogP contribution in [0.3, 0.4) is 0 Å². The number of benzene rings is 1. The van der Waals surface area contributed by atoms with Gasteiger partial charge in [-0.25, -0.2) is 4.39 Å². The van der Waals surface area contributed by atoms with Crippen molar-refractivity contribution in [1.82, 2.24) is 10.2 Å². The lowest BCUT2D eigenvalue weighted by Gasteiger charge is -2.12. The molecule has 122 valence electrons. The smallest absolute Gasteiger partial charge is 0.251 e. The Morgan fingerprint density at radius 3 is 3.26 bits per heavy atom. The van der Waals surface area contributed by atoms with Gasteiger partial charge in [0.1, 0.15) is 12.4 Å². The summed E-state index contributed by atoms with van der Waals surface area (Å²) in [4.78, 5) is 11.9. The van der Waals surface area contributed by atoms with Gasteiger partial charge in [0.25, 0.3) is 5.91 Å². The van der Waals surface area contributed by atoms with Crippen molar-refractivity contribution in [3.05, 3.63) is 46.9 Å². The minimum absolute atomic E-state index is 0.0716. The first-order valence-corrected chi connectivity index (χ1v) is 7.48. The van der Waals surface area contributed by atoms with Crippen LogP contribution in [0.2, 0.25) is 0 Å². The fraction of sp³-hybridized carbons (Fsp3) is 0.375. The van der Waals surface area contributed by atoms with Gasteiger partial charge in [0.05, 0.1) is 19.8 Å². The maximum Gasteiger partial charge on any atom is 0.251 e. The Morgan fingerprint density at radius 1 is 1.48 bits per heavy atom. The standard InChI is InChI=1S/C16H18FN3O3/c17-12-3-1-2-11(8-12)4-6-23-10-15(21)18-16-13-9-22-7-5-14(13)19-20-16/h1-3,8H,4-7,9-10H2,(H2,18,19,20,21). The molecule has 0 fully saturated rings. The number of anilines is 1. The second kappa shape index (κ2) is 7.34. The number of aromatic nitrogens is 2. The highest BCUT2D eigenvalue weighted by Gasteiger charge is 2.18. The molecule has 0 radical (unpaired) electrons. The van der Waals surface area contributed by atoms with Crippen molar-refractivity contribution in [1.29, 1.82) is 0 Å². The zero-order valence-electron chi connectivity index (χ0n) is 12.6. The van der Waals surface area contributed by atoms with Crippen LogP contribution in [0.1, 0.15) is 16.8 Å². The molecular formula is C16H18FN3O3. The predicted molar refractivity (Wildman–Crippen MR) is 81.5 cm³/mol.